The maximum absolute atomic E-state index is 13.4. The van der Waals surface area contributed by atoms with Gasteiger partial charge in [0.15, 0.2) is 0 Å². The number of allylic oxidation sites excluding steroid dienone is 2. The molecule has 4 rings (SSSR count). The molecule has 1 aromatic carbocycles. The summed E-state index contributed by atoms with van der Waals surface area (Å²) in [5, 5.41) is 0. The number of aromatic amines is 2. The third-order valence-corrected chi connectivity index (χ3v) is 5.72. The van der Waals surface area contributed by atoms with E-state index in [0.29, 0.717) is 42.5 Å². The fourth-order valence-electron chi connectivity index (χ4n) is 4.26. The molecule has 0 radical (unpaired) electrons. The molecule has 0 bridgehead atoms. The maximum atomic E-state index is 13.4. The molecule has 0 saturated heterocycles. The highest BCUT2D eigenvalue weighted by molar-refractivity contribution is 5.69. The van der Waals surface area contributed by atoms with E-state index < -0.39 is 23.0 Å². The highest BCUT2D eigenvalue weighted by atomic mass is 19.4. The number of hydrogen-bond donors (Lipinski definition) is 2. The Morgan fingerprint density at radius 3 is 2.48 bits per heavy atom. The summed E-state index contributed by atoms with van der Waals surface area (Å²) in [4.78, 5) is 29.5. The van der Waals surface area contributed by atoms with Crippen molar-refractivity contribution in [1.82, 2.24) is 14.5 Å². The van der Waals surface area contributed by atoms with Crippen molar-refractivity contribution in [3.63, 3.8) is 0 Å². The number of nitrogens with zero attached hydrogens (tertiary/aromatic N) is 1. The molecular formula is C23H22F3N3O2. The van der Waals surface area contributed by atoms with Crippen LogP contribution >= 0.6 is 0 Å². The number of hydrogen-bond acceptors (Lipinski definition) is 2. The molecule has 2 aromatic heterocycles. The second-order valence-electron chi connectivity index (χ2n) is 7.91. The zero-order valence-corrected chi connectivity index (χ0v) is 16.9. The van der Waals surface area contributed by atoms with E-state index in [1.165, 1.54) is 10.8 Å². The first kappa shape index (κ1) is 21.0. The highest BCUT2D eigenvalue weighted by Gasteiger charge is 2.36. The fraction of sp³-hybridized carbons (Fsp3) is 0.304. The summed E-state index contributed by atoms with van der Waals surface area (Å²) in [6.07, 6.45) is 1.74. The van der Waals surface area contributed by atoms with Crippen LogP contribution in [-0.2, 0) is 19.6 Å². The van der Waals surface area contributed by atoms with Crippen molar-refractivity contribution in [3.8, 4) is 0 Å². The van der Waals surface area contributed by atoms with Gasteiger partial charge >= 0.3 is 11.9 Å². The molecule has 0 amide bonds. The zero-order valence-electron chi connectivity index (χ0n) is 16.9. The molecule has 3 aromatic rings. The minimum Gasteiger partial charge on any atom is -0.356 e. The van der Waals surface area contributed by atoms with Gasteiger partial charge in [-0.25, -0.2) is 4.79 Å². The van der Waals surface area contributed by atoms with E-state index in [-0.39, 0.29) is 11.5 Å². The van der Waals surface area contributed by atoms with Crippen molar-refractivity contribution in [2.45, 2.75) is 37.8 Å². The standard InChI is InChI=1S/C23H22F3N3O2/c1-29-12-18(19(13-29)23(24,25)26)15-7-9-16(10-8-15)20-17(21(30)28-22(31)27-20)11-14-5-3-2-4-6-14/h2-7,12-13,16H,8-11H2,1H3,(H2,27,28,30,31). The van der Waals surface area contributed by atoms with Crippen LogP contribution in [0.4, 0.5) is 13.2 Å². The van der Waals surface area contributed by atoms with Crippen LogP contribution in [0.3, 0.4) is 0 Å². The first-order valence-electron chi connectivity index (χ1n) is 10.0. The van der Waals surface area contributed by atoms with Crippen LogP contribution < -0.4 is 11.2 Å². The van der Waals surface area contributed by atoms with E-state index in [2.05, 4.69) is 9.97 Å². The van der Waals surface area contributed by atoms with Gasteiger partial charge in [0.2, 0.25) is 0 Å². The SMILES string of the molecule is Cn1cc(C2=CCC(c3[nH]c(=O)[nH]c(=O)c3Cc3ccccc3)CC2)c(C(F)(F)F)c1. The van der Waals surface area contributed by atoms with Crippen molar-refractivity contribution in [3.05, 3.63) is 97.6 Å². The number of H-pyrrole nitrogens is 2. The van der Waals surface area contributed by atoms with Crippen molar-refractivity contribution < 1.29 is 13.2 Å². The molecule has 31 heavy (non-hydrogen) atoms. The highest BCUT2D eigenvalue weighted by Crippen LogP contribution is 2.41. The van der Waals surface area contributed by atoms with Crippen LogP contribution in [0.25, 0.3) is 5.57 Å². The normalized spacial score (nSPS) is 16.9. The lowest BCUT2D eigenvalue weighted by Gasteiger charge is -2.24. The van der Waals surface area contributed by atoms with Gasteiger partial charge in [-0.05, 0) is 30.4 Å². The van der Waals surface area contributed by atoms with Gasteiger partial charge in [-0.1, -0.05) is 36.4 Å². The lowest BCUT2D eigenvalue weighted by Crippen LogP contribution is -2.30. The Kier molecular flexibility index (Phi) is 5.47. The van der Waals surface area contributed by atoms with Crippen LogP contribution in [0.15, 0.2) is 58.4 Å². The monoisotopic (exact) mass is 429 g/mol. The molecule has 0 spiro atoms. The van der Waals surface area contributed by atoms with Crippen LogP contribution in [0.2, 0.25) is 0 Å². The topological polar surface area (TPSA) is 70.7 Å². The van der Waals surface area contributed by atoms with Crippen LogP contribution in [0.1, 0.15) is 53.1 Å². The van der Waals surface area contributed by atoms with E-state index in [1.807, 2.05) is 30.3 Å². The number of benzene rings is 1. The average Bonchev–Trinajstić information content (AvgIpc) is 3.13. The van der Waals surface area contributed by atoms with Crippen molar-refractivity contribution in [1.29, 1.82) is 0 Å². The molecule has 5 nitrogen and oxygen atoms in total. The second kappa shape index (κ2) is 8.09. The van der Waals surface area contributed by atoms with Crippen LogP contribution in [-0.4, -0.2) is 14.5 Å². The van der Waals surface area contributed by atoms with Gasteiger partial charge in [-0.15, -0.1) is 0 Å². The van der Waals surface area contributed by atoms with E-state index in [9.17, 15) is 22.8 Å². The van der Waals surface area contributed by atoms with Crippen LogP contribution in [0, 0.1) is 0 Å². The summed E-state index contributed by atoms with van der Waals surface area (Å²) >= 11 is 0. The molecule has 1 atom stereocenters. The van der Waals surface area contributed by atoms with E-state index in [4.69, 9.17) is 0 Å². The van der Waals surface area contributed by atoms with E-state index >= 15 is 0 Å². The summed E-state index contributed by atoms with van der Waals surface area (Å²) in [6, 6.07) is 9.45. The largest absolute Gasteiger partial charge is 0.418 e. The van der Waals surface area contributed by atoms with Gasteiger partial charge < -0.3 is 9.55 Å². The lowest BCUT2D eigenvalue weighted by molar-refractivity contribution is -0.137. The Morgan fingerprint density at radius 2 is 1.84 bits per heavy atom. The van der Waals surface area contributed by atoms with Crippen molar-refractivity contribution >= 4 is 5.57 Å². The van der Waals surface area contributed by atoms with Gasteiger partial charge in [0.25, 0.3) is 5.56 Å². The van der Waals surface area contributed by atoms with Gasteiger partial charge in [-0.3, -0.25) is 9.78 Å². The molecule has 0 aliphatic heterocycles. The Labute approximate surface area is 176 Å². The second-order valence-corrected chi connectivity index (χ2v) is 7.91. The molecule has 2 N–H and O–H groups in total. The predicted molar refractivity (Wildman–Crippen MR) is 112 cm³/mol. The van der Waals surface area contributed by atoms with Crippen LogP contribution in [0.5, 0.6) is 0 Å². The molecule has 0 saturated carbocycles. The van der Waals surface area contributed by atoms with Gasteiger partial charge in [0.05, 0.1) is 5.56 Å². The molecule has 8 heteroatoms. The minimum absolute atomic E-state index is 0.143. The number of aryl methyl sites for hydroxylation is 1. The fourth-order valence-corrected chi connectivity index (χ4v) is 4.26. The number of alkyl halides is 3. The van der Waals surface area contributed by atoms with Crippen molar-refractivity contribution in [2.24, 2.45) is 7.05 Å². The Bertz CT molecular complexity index is 1230. The van der Waals surface area contributed by atoms with Gasteiger partial charge in [-0.2, -0.15) is 13.2 Å². The summed E-state index contributed by atoms with van der Waals surface area (Å²) < 4.78 is 41.6. The van der Waals surface area contributed by atoms with E-state index in [1.54, 1.807) is 13.1 Å². The summed E-state index contributed by atoms with van der Waals surface area (Å²) in [5.74, 6) is -0.143. The average molecular weight is 429 g/mol. The van der Waals surface area contributed by atoms with E-state index in [0.717, 1.165) is 11.8 Å². The Morgan fingerprint density at radius 1 is 1.10 bits per heavy atom. The molecule has 1 aliphatic rings. The number of halogens is 3. The minimum atomic E-state index is -4.42. The third kappa shape index (κ3) is 4.42. The number of aromatic nitrogens is 3. The molecule has 0 fully saturated rings. The molecule has 2 heterocycles. The summed E-state index contributed by atoms with van der Waals surface area (Å²) in [5.41, 5.74) is 1.17. The third-order valence-electron chi connectivity index (χ3n) is 5.72. The number of nitrogens with one attached hydrogen (secondary N) is 2. The molecule has 1 aliphatic carbocycles. The predicted octanol–water partition coefficient (Wildman–Crippen LogP) is 4.36. The first-order chi connectivity index (χ1) is 14.7. The maximum Gasteiger partial charge on any atom is 0.418 e. The lowest BCUT2D eigenvalue weighted by atomic mass is 9.82. The Hall–Kier alpha value is -3.29. The summed E-state index contributed by atoms with van der Waals surface area (Å²) in [7, 11) is 1.57. The smallest absolute Gasteiger partial charge is 0.356 e. The quantitative estimate of drug-likeness (QED) is 0.647. The molecular weight excluding hydrogens is 407 g/mol. The van der Waals surface area contributed by atoms with Gasteiger partial charge in [0.1, 0.15) is 0 Å². The summed E-state index contributed by atoms with van der Waals surface area (Å²) in [6.45, 7) is 0. The molecule has 162 valence electrons. The Balaban J connectivity index is 1.66. The van der Waals surface area contributed by atoms with Gasteiger partial charge in [0, 0.05) is 48.6 Å². The zero-order chi connectivity index (χ0) is 22.2. The van der Waals surface area contributed by atoms with Crippen molar-refractivity contribution in [2.75, 3.05) is 0 Å². The first-order valence-corrected chi connectivity index (χ1v) is 10.0. The molecule has 1 unspecified atom stereocenters. The number of rotatable bonds is 4.